The van der Waals surface area contributed by atoms with Crippen molar-refractivity contribution >= 4 is 0 Å². The van der Waals surface area contributed by atoms with E-state index < -0.39 is 0 Å². The van der Waals surface area contributed by atoms with Crippen LogP contribution in [0.25, 0.3) is 0 Å². The Kier molecular flexibility index (Phi) is 4.19. The van der Waals surface area contributed by atoms with E-state index in [0.717, 1.165) is 6.04 Å². The number of rotatable bonds is 3. The highest BCUT2D eigenvalue weighted by molar-refractivity contribution is 5.18. The molecule has 0 aliphatic carbocycles. The lowest BCUT2D eigenvalue weighted by Crippen LogP contribution is -2.45. The van der Waals surface area contributed by atoms with Gasteiger partial charge in [-0.1, -0.05) is 30.3 Å². The van der Waals surface area contributed by atoms with Gasteiger partial charge < -0.3 is 4.90 Å². The van der Waals surface area contributed by atoms with Gasteiger partial charge in [-0.15, -0.1) is 0 Å². The van der Waals surface area contributed by atoms with Gasteiger partial charge in [0.05, 0.1) is 0 Å². The maximum Gasteiger partial charge on any atom is 0.0320 e. The molecule has 1 heterocycles. The fraction of sp³-hybridized carbons (Fsp3) is 0.600. The van der Waals surface area contributed by atoms with Crippen molar-refractivity contribution in [3.05, 3.63) is 35.9 Å². The van der Waals surface area contributed by atoms with Gasteiger partial charge in [-0.3, -0.25) is 4.90 Å². The number of likely N-dealkylation sites (tertiary alicyclic amines) is 1. The van der Waals surface area contributed by atoms with Crippen LogP contribution in [-0.4, -0.2) is 43.0 Å². The molecule has 0 amide bonds. The predicted octanol–water partition coefficient (Wildman–Crippen LogP) is 2.77. The SMILES string of the molecule is CC(c1ccccc1)N1CCCC(N(C)C)C1. The van der Waals surface area contributed by atoms with E-state index in [0.29, 0.717) is 6.04 Å². The first-order chi connectivity index (χ1) is 8.18. The first-order valence-corrected chi connectivity index (χ1v) is 6.64. The predicted molar refractivity (Wildman–Crippen MR) is 73.1 cm³/mol. The lowest BCUT2D eigenvalue weighted by atomic mass is 10.00. The molecule has 1 saturated heterocycles. The zero-order valence-corrected chi connectivity index (χ0v) is 11.3. The summed E-state index contributed by atoms with van der Waals surface area (Å²) in [5.41, 5.74) is 1.44. The topological polar surface area (TPSA) is 6.48 Å². The van der Waals surface area contributed by atoms with Crippen molar-refractivity contribution in [1.29, 1.82) is 0 Å². The summed E-state index contributed by atoms with van der Waals surface area (Å²) in [5.74, 6) is 0. The van der Waals surface area contributed by atoms with E-state index >= 15 is 0 Å². The van der Waals surface area contributed by atoms with E-state index in [2.05, 4.69) is 61.2 Å². The van der Waals surface area contributed by atoms with Crippen LogP contribution in [0.3, 0.4) is 0 Å². The highest BCUT2D eigenvalue weighted by Gasteiger charge is 2.25. The Labute approximate surface area is 105 Å². The van der Waals surface area contributed by atoms with Crippen molar-refractivity contribution in [2.75, 3.05) is 27.2 Å². The van der Waals surface area contributed by atoms with Gasteiger partial charge in [0.2, 0.25) is 0 Å². The van der Waals surface area contributed by atoms with Crippen molar-refractivity contribution in [2.45, 2.75) is 31.8 Å². The smallest absolute Gasteiger partial charge is 0.0320 e. The van der Waals surface area contributed by atoms with E-state index in [-0.39, 0.29) is 0 Å². The Balaban J connectivity index is 2.02. The molecule has 2 nitrogen and oxygen atoms in total. The van der Waals surface area contributed by atoms with Crippen LogP contribution >= 0.6 is 0 Å². The summed E-state index contributed by atoms with van der Waals surface area (Å²) < 4.78 is 0. The van der Waals surface area contributed by atoms with Crippen molar-refractivity contribution < 1.29 is 0 Å². The monoisotopic (exact) mass is 232 g/mol. The molecule has 2 rings (SSSR count). The maximum atomic E-state index is 2.61. The van der Waals surface area contributed by atoms with Gasteiger partial charge in [0.1, 0.15) is 0 Å². The number of hydrogen-bond donors (Lipinski definition) is 0. The molecule has 0 bridgehead atoms. The highest BCUT2D eigenvalue weighted by atomic mass is 15.2. The van der Waals surface area contributed by atoms with Crippen LogP contribution in [0.4, 0.5) is 0 Å². The molecule has 2 unspecified atom stereocenters. The fourth-order valence-corrected chi connectivity index (χ4v) is 2.70. The molecular weight excluding hydrogens is 208 g/mol. The second kappa shape index (κ2) is 5.65. The van der Waals surface area contributed by atoms with Gasteiger partial charge in [0.25, 0.3) is 0 Å². The number of hydrogen-bond acceptors (Lipinski definition) is 2. The van der Waals surface area contributed by atoms with Crippen LogP contribution in [0, 0.1) is 0 Å². The Morgan fingerprint density at radius 1 is 1.24 bits per heavy atom. The molecule has 1 aromatic carbocycles. The van der Waals surface area contributed by atoms with Gasteiger partial charge in [-0.25, -0.2) is 0 Å². The van der Waals surface area contributed by atoms with Gasteiger partial charge in [0, 0.05) is 18.6 Å². The fourth-order valence-electron chi connectivity index (χ4n) is 2.70. The minimum atomic E-state index is 0.541. The standard InChI is InChI=1S/C15H24N2/c1-13(14-8-5-4-6-9-14)17-11-7-10-15(12-17)16(2)3/h4-6,8-9,13,15H,7,10-12H2,1-3H3. The lowest BCUT2D eigenvalue weighted by molar-refractivity contribution is 0.102. The molecule has 1 aromatic rings. The summed E-state index contributed by atoms with van der Waals surface area (Å²) in [4.78, 5) is 4.98. The first kappa shape index (κ1) is 12.6. The molecule has 0 N–H and O–H groups in total. The maximum absolute atomic E-state index is 2.61. The molecule has 0 aromatic heterocycles. The van der Waals surface area contributed by atoms with Crippen molar-refractivity contribution in [2.24, 2.45) is 0 Å². The van der Waals surface area contributed by atoms with E-state index in [1.54, 1.807) is 0 Å². The molecule has 2 atom stereocenters. The van der Waals surface area contributed by atoms with Crippen LogP contribution in [0.15, 0.2) is 30.3 Å². The van der Waals surface area contributed by atoms with Crippen LogP contribution in [0.5, 0.6) is 0 Å². The van der Waals surface area contributed by atoms with E-state index in [1.807, 2.05) is 0 Å². The number of nitrogens with zero attached hydrogens (tertiary/aromatic N) is 2. The largest absolute Gasteiger partial charge is 0.305 e. The van der Waals surface area contributed by atoms with Crippen LogP contribution in [0.2, 0.25) is 0 Å². The van der Waals surface area contributed by atoms with Crippen LogP contribution in [0.1, 0.15) is 31.4 Å². The van der Waals surface area contributed by atoms with Gasteiger partial charge in [0.15, 0.2) is 0 Å². The number of benzene rings is 1. The Morgan fingerprint density at radius 2 is 1.94 bits per heavy atom. The molecule has 0 saturated carbocycles. The molecule has 1 aliphatic rings. The molecule has 1 fully saturated rings. The molecular formula is C15H24N2. The lowest BCUT2D eigenvalue weighted by Gasteiger charge is -2.39. The van der Waals surface area contributed by atoms with E-state index in [9.17, 15) is 0 Å². The average Bonchev–Trinajstić information content (AvgIpc) is 2.39. The van der Waals surface area contributed by atoms with E-state index in [4.69, 9.17) is 0 Å². The minimum absolute atomic E-state index is 0.541. The Bertz CT molecular complexity index is 334. The molecule has 0 spiro atoms. The van der Waals surface area contributed by atoms with Crippen molar-refractivity contribution in [3.63, 3.8) is 0 Å². The third-order valence-electron chi connectivity index (χ3n) is 3.99. The minimum Gasteiger partial charge on any atom is -0.305 e. The quantitative estimate of drug-likeness (QED) is 0.790. The summed E-state index contributed by atoms with van der Waals surface area (Å²) >= 11 is 0. The van der Waals surface area contributed by atoms with Crippen molar-refractivity contribution in [3.8, 4) is 0 Å². The van der Waals surface area contributed by atoms with Crippen LogP contribution in [-0.2, 0) is 0 Å². The third kappa shape index (κ3) is 3.08. The zero-order chi connectivity index (χ0) is 12.3. The average molecular weight is 232 g/mol. The van der Waals surface area contributed by atoms with Gasteiger partial charge in [-0.05, 0) is 46.0 Å². The summed E-state index contributed by atoms with van der Waals surface area (Å²) in [5, 5.41) is 0. The molecule has 17 heavy (non-hydrogen) atoms. The third-order valence-corrected chi connectivity index (χ3v) is 3.99. The molecule has 94 valence electrons. The summed E-state index contributed by atoms with van der Waals surface area (Å²) in [6, 6.07) is 12.1. The second-order valence-corrected chi connectivity index (χ2v) is 5.34. The zero-order valence-electron chi connectivity index (χ0n) is 11.3. The number of piperidine rings is 1. The summed E-state index contributed by atoms with van der Waals surface area (Å²) in [7, 11) is 4.39. The summed E-state index contributed by atoms with van der Waals surface area (Å²) in [6.45, 7) is 4.76. The molecule has 2 heteroatoms. The number of likely N-dealkylation sites (N-methyl/N-ethyl adjacent to an activating group) is 1. The van der Waals surface area contributed by atoms with Crippen LogP contribution < -0.4 is 0 Å². The second-order valence-electron chi connectivity index (χ2n) is 5.34. The Hall–Kier alpha value is -0.860. The normalized spacial score (nSPS) is 23.9. The van der Waals surface area contributed by atoms with Gasteiger partial charge >= 0.3 is 0 Å². The van der Waals surface area contributed by atoms with E-state index in [1.165, 1.54) is 31.5 Å². The highest BCUT2D eigenvalue weighted by Crippen LogP contribution is 2.25. The molecule has 1 aliphatic heterocycles. The first-order valence-electron chi connectivity index (χ1n) is 6.64. The Morgan fingerprint density at radius 3 is 2.59 bits per heavy atom. The van der Waals surface area contributed by atoms with Crippen molar-refractivity contribution in [1.82, 2.24) is 9.80 Å². The summed E-state index contributed by atoms with van der Waals surface area (Å²) in [6.07, 6.45) is 2.66. The van der Waals surface area contributed by atoms with Gasteiger partial charge in [-0.2, -0.15) is 0 Å². The molecule has 0 radical (unpaired) electrons.